The summed E-state index contributed by atoms with van der Waals surface area (Å²) in [6.45, 7) is 6.39. The van der Waals surface area contributed by atoms with Gasteiger partial charge in [-0.1, -0.05) is 6.92 Å². The lowest BCUT2D eigenvalue weighted by Gasteiger charge is -2.06. The fourth-order valence-electron chi connectivity index (χ4n) is 0.754. The SMILES string of the molecule is C/C=C(/CN)O/C(C)=C\CC. The van der Waals surface area contributed by atoms with E-state index in [0.717, 1.165) is 17.9 Å². The van der Waals surface area contributed by atoms with Gasteiger partial charge in [-0.15, -0.1) is 0 Å². The van der Waals surface area contributed by atoms with Gasteiger partial charge < -0.3 is 10.5 Å². The van der Waals surface area contributed by atoms with Gasteiger partial charge in [-0.2, -0.15) is 0 Å². The summed E-state index contributed by atoms with van der Waals surface area (Å²) in [5.41, 5.74) is 5.41. The minimum atomic E-state index is 0.464. The van der Waals surface area contributed by atoms with Gasteiger partial charge in [0.15, 0.2) is 0 Å². The van der Waals surface area contributed by atoms with Gasteiger partial charge in [0.05, 0.1) is 12.3 Å². The summed E-state index contributed by atoms with van der Waals surface area (Å²) in [6.07, 6.45) is 4.90. The van der Waals surface area contributed by atoms with Crippen LogP contribution in [0.2, 0.25) is 0 Å². The molecule has 0 spiro atoms. The first-order chi connectivity index (χ1) is 5.24. The van der Waals surface area contributed by atoms with E-state index in [-0.39, 0.29) is 0 Å². The molecule has 0 aliphatic heterocycles. The van der Waals surface area contributed by atoms with Gasteiger partial charge in [0, 0.05) is 0 Å². The lowest BCUT2D eigenvalue weighted by molar-refractivity contribution is 0.300. The molecule has 11 heavy (non-hydrogen) atoms. The second kappa shape index (κ2) is 5.98. The molecule has 64 valence electrons. The maximum Gasteiger partial charge on any atom is 0.113 e. The van der Waals surface area contributed by atoms with Gasteiger partial charge >= 0.3 is 0 Å². The Bertz CT molecular complexity index is 159. The van der Waals surface area contributed by atoms with Gasteiger partial charge in [0.25, 0.3) is 0 Å². The number of allylic oxidation sites excluding steroid dienone is 3. The summed E-state index contributed by atoms with van der Waals surface area (Å²) < 4.78 is 5.39. The molecular formula is C9H17NO. The maximum atomic E-state index is 5.41. The monoisotopic (exact) mass is 155 g/mol. The largest absolute Gasteiger partial charge is 0.466 e. The Labute approximate surface area is 68.7 Å². The third-order valence-electron chi connectivity index (χ3n) is 1.31. The van der Waals surface area contributed by atoms with Crippen LogP contribution in [0.3, 0.4) is 0 Å². The van der Waals surface area contributed by atoms with Crippen molar-refractivity contribution < 1.29 is 4.74 Å². The molecule has 0 rings (SSSR count). The normalized spacial score (nSPS) is 13.5. The van der Waals surface area contributed by atoms with Crippen molar-refractivity contribution in [2.24, 2.45) is 5.73 Å². The van der Waals surface area contributed by atoms with Crippen molar-refractivity contribution in [3.8, 4) is 0 Å². The van der Waals surface area contributed by atoms with E-state index in [1.165, 1.54) is 0 Å². The Kier molecular flexibility index (Phi) is 5.57. The van der Waals surface area contributed by atoms with Gasteiger partial charge in [-0.05, 0) is 32.4 Å². The van der Waals surface area contributed by atoms with Crippen LogP contribution in [0.5, 0.6) is 0 Å². The van der Waals surface area contributed by atoms with Crippen LogP contribution in [0.4, 0.5) is 0 Å². The molecule has 0 bridgehead atoms. The molecule has 0 aliphatic carbocycles. The van der Waals surface area contributed by atoms with Crippen molar-refractivity contribution in [1.29, 1.82) is 0 Å². The van der Waals surface area contributed by atoms with Crippen LogP contribution < -0.4 is 5.73 Å². The van der Waals surface area contributed by atoms with E-state index >= 15 is 0 Å². The Balaban J connectivity index is 3.92. The van der Waals surface area contributed by atoms with Gasteiger partial charge in [0.2, 0.25) is 0 Å². The Morgan fingerprint density at radius 3 is 2.55 bits per heavy atom. The summed E-state index contributed by atoms with van der Waals surface area (Å²) in [7, 11) is 0. The topological polar surface area (TPSA) is 35.2 Å². The minimum Gasteiger partial charge on any atom is -0.466 e. The first kappa shape index (κ1) is 10.2. The quantitative estimate of drug-likeness (QED) is 0.631. The van der Waals surface area contributed by atoms with Crippen molar-refractivity contribution in [3.63, 3.8) is 0 Å². The fraction of sp³-hybridized carbons (Fsp3) is 0.556. The summed E-state index contributed by atoms with van der Waals surface area (Å²) in [4.78, 5) is 0. The van der Waals surface area contributed by atoms with Crippen LogP contribution in [-0.2, 0) is 4.74 Å². The molecule has 0 unspecified atom stereocenters. The van der Waals surface area contributed by atoms with Crippen molar-refractivity contribution >= 4 is 0 Å². The molecular weight excluding hydrogens is 138 g/mol. The molecule has 0 saturated carbocycles. The van der Waals surface area contributed by atoms with Gasteiger partial charge in [0.1, 0.15) is 5.76 Å². The molecule has 0 aromatic rings. The number of hydrogen-bond donors (Lipinski definition) is 1. The first-order valence-electron chi connectivity index (χ1n) is 3.94. The van der Waals surface area contributed by atoms with Crippen molar-refractivity contribution in [3.05, 3.63) is 23.7 Å². The van der Waals surface area contributed by atoms with E-state index in [0.29, 0.717) is 6.54 Å². The van der Waals surface area contributed by atoms with Crippen molar-refractivity contribution in [2.75, 3.05) is 6.54 Å². The highest BCUT2D eigenvalue weighted by Crippen LogP contribution is 2.04. The fourth-order valence-corrected chi connectivity index (χ4v) is 0.754. The summed E-state index contributed by atoms with van der Waals surface area (Å²) in [5.74, 6) is 1.75. The zero-order chi connectivity index (χ0) is 8.69. The van der Waals surface area contributed by atoms with Crippen LogP contribution >= 0.6 is 0 Å². The minimum absolute atomic E-state index is 0.464. The van der Waals surface area contributed by atoms with E-state index < -0.39 is 0 Å². The molecule has 2 N–H and O–H groups in total. The van der Waals surface area contributed by atoms with Crippen LogP contribution in [0, 0.1) is 0 Å². The highest BCUT2D eigenvalue weighted by molar-refractivity contribution is 4.99. The highest BCUT2D eigenvalue weighted by atomic mass is 16.5. The summed E-state index contributed by atoms with van der Waals surface area (Å²) >= 11 is 0. The van der Waals surface area contributed by atoms with Crippen molar-refractivity contribution in [2.45, 2.75) is 27.2 Å². The zero-order valence-electron chi connectivity index (χ0n) is 7.55. The molecule has 0 aliphatic rings. The van der Waals surface area contributed by atoms with Crippen molar-refractivity contribution in [1.82, 2.24) is 0 Å². The Morgan fingerprint density at radius 2 is 2.18 bits per heavy atom. The number of hydrogen-bond acceptors (Lipinski definition) is 2. The van der Waals surface area contributed by atoms with Gasteiger partial charge in [-0.25, -0.2) is 0 Å². The second-order valence-electron chi connectivity index (χ2n) is 2.28. The number of ether oxygens (including phenoxy) is 1. The highest BCUT2D eigenvalue weighted by Gasteiger charge is 1.93. The van der Waals surface area contributed by atoms with Crippen LogP contribution in [-0.4, -0.2) is 6.54 Å². The summed E-state index contributed by atoms with van der Waals surface area (Å²) in [5, 5.41) is 0. The third kappa shape index (κ3) is 4.62. The molecule has 0 aromatic heterocycles. The zero-order valence-corrected chi connectivity index (χ0v) is 7.55. The van der Waals surface area contributed by atoms with E-state index in [2.05, 4.69) is 6.92 Å². The third-order valence-corrected chi connectivity index (χ3v) is 1.31. The molecule has 0 heterocycles. The van der Waals surface area contributed by atoms with E-state index in [1.807, 2.05) is 26.0 Å². The summed E-state index contributed by atoms with van der Waals surface area (Å²) in [6, 6.07) is 0. The van der Waals surface area contributed by atoms with E-state index in [9.17, 15) is 0 Å². The molecule has 0 atom stereocenters. The molecule has 2 heteroatoms. The number of rotatable bonds is 4. The molecule has 0 fully saturated rings. The predicted molar refractivity (Wildman–Crippen MR) is 47.9 cm³/mol. The van der Waals surface area contributed by atoms with Gasteiger partial charge in [-0.3, -0.25) is 0 Å². The smallest absolute Gasteiger partial charge is 0.113 e. The molecule has 0 saturated heterocycles. The second-order valence-corrected chi connectivity index (χ2v) is 2.28. The van der Waals surface area contributed by atoms with E-state index in [1.54, 1.807) is 0 Å². The molecule has 0 amide bonds. The van der Waals surface area contributed by atoms with Crippen LogP contribution in [0.1, 0.15) is 27.2 Å². The Morgan fingerprint density at radius 1 is 1.55 bits per heavy atom. The maximum absolute atomic E-state index is 5.41. The standard InChI is InChI=1S/C9H17NO/c1-4-6-8(3)11-9(5-2)7-10/h5-6H,4,7,10H2,1-3H3/b8-6-,9-5-. The van der Waals surface area contributed by atoms with Crippen LogP contribution in [0.25, 0.3) is 0 Å². The average molecular weight is 155 g/mol. The lowest BCUT2D eigenvalue weighted by Crippen LogP contribution is -2.05. The average Bonchev–Trinajstić information content (AvgIpc) is 2.01. The first-order valence-corrected chi connectivity index (χ1v) is 3.94. The van der Waals surface area contributed by atoms with Crippen LogP contribution in [0.15, 0.2) is 23.7 Å². The predicted octanol–water partition coefficient (Wildman–Crippen LogP) is 2.18. The lowest BCUT2D eigenvalue weighted by atomic mass is 10.4. The molecule has 0 radical (unpaired) electrons. The number of nitrogens with two attached hydrogens (primary N) is 1. The molecule has 0 aromatic carbocycles. The Hall–Kier alpha value is -0.760. The molecule has 2 nitrogen and oxygen atoms in total. The van der Waals surface area contributed by atoms with E-state index in [4.69, 9.17) is 10.5 Å².